The molecule has 1 aliphatic rings. The summed E-state index contributed by atoms with van der Waals surface area (Å²) in [5, 5.41) is 2.99. The van der Waals surface area contributed by atoms with E-state index in [0.717, 1.165) is 36.6 Å². The first-order valence-electron chi connectivity index (χ1n) is 9.56. The maximum Gasteiger partial charge on any atom is 0.221 e. The maximum absolute atomic E-state index is 12.1. The molecule has 0 bridgehead atoms. The number of ether oxygens (including phenoxy) is 2. The summed E-state index contributed by atoms with van der Waals surface area (Å²) in [6.45, 7) is 4.97. The highest BCUT2D eigenvalue weighted by Gasteiger charge is 2.26. The summed E-state index contributed by atoms with van der Waals surface area (Å²) in [4.78, 5) is 14.5. The fourth-order valence-corrected chi connectivity index (χ4v) is 3.44. The largest absolute Gasteiger partial charge is 0.493 e. The van der Waals surface area contributed by atoms with Gasteiger partial charge >= 0.3 is 0 Å². The highest BCUT2D eigenvalue weighted by molar-refractivity contribution is 5.77. The second kappa shape index (κ2) is 9.42. The lowest BCUT2D eigenvalue weighted by Crippen LogP contribution is -2.30. The number of nitrogens with one attached hydrogen (secondary N) is 1. The molecule has 5 nitrogen and oxygen atoms in total. The third kappa shape index (κ3) is 5.01. The maximum atomic E-state index is 12.1. The van der Waals surface area contributed by atoms with Crippen LogP contribution in [0, 0.1) is 0 Å². The summed E-state index contributed by atoms with van der Waals surface area (Å²) in [6.07, 6.45) is 1.42. The molecule has 0 spiro atoms. The first-order chi connectivity index (χ1) is 13.2. The van der Waals surface area contributed by atoms with E-state index in [-0.39, 0.29) is 11.9 Å². The predicted octanol–water partition coefficient (Wildman–Crippen LogP) is 3.55. The van der Waals surface area contributed by atoms with Gasteiger partial charge in [0.15, 0.2) is 11.5 Å². The zero-order valence-electron chi connectivity index (χ0n) is 16.1. The number of benzene rings is 2. The predicted molar refractivity (Wildman–Crippen MR) is 106 cm³/mol. The molecule has 0 aliphatic carbocycles. The van der Waals surface area contributed by atoms with E-state index >= 15 is 0 Å². The molecule has 1 unspecified atom stereocenters. The summed E-state index contributed by atoms with van der Waals surface area (Å²) in [7, 11) is 1.66. The Bertz CT molecular complexity index is 748. The second-order valence-electron chi connectivity index (χ2n) is 6.78. The zero-order chi connectivity index (χ0) is 19.1. The standard InChI is InChI=1S/C22H28N2O3/c1-3-13-27-21-14-17(9-10-20(21)26-2)16-24-12-11-23-22(25)15-19(24)18-7-5-4-6-8-18/h4-10,14,19H,3,11-13,15-16H2,1-2H3,(H,23,25). The average molecular weight is 368 g/mol. The Kier molecular flexibility index (Phi) is 6.71. The molecule has 1 amide bonds. The van der Waals surface area contributed by atoms with Crippen LogP contribution in [0.5, 0.6) is 11.5 Å². The number of rotatable bonds is 7. The van der Waals surface area contributed by atoms with Crippen molar-refractivity contribution in [3.05, 3.63) is 59.7 Å². The van der Waals surface area contributed by atoms with Crippen molar-refractivity contribution in [1.29, 1.82) is 0 Å². The number of methoxy groups -OCH3 is 1. The summed E-state index contributed by atoms with van der Waals surface area (Å²) in [5.74, 6) is 1.63. The van der Waals surface area contributed by atoms with Crippen LogP contribution in [0.25, 0.3) is 0 Å². The van der Waals surface area contributed by atoms with Crippen LogP contribution in [0.3, 0.4) is 0 Å². The van der Waals surface area contributed by atoms with Crippen LogP contribution in [-0.2, 0) is 11.3 Å². The molecule has 2 aromatic rings. The van der Waals surface area contributed by atoms with Gasteiger partial charge in [0, 0.05) is 32.1 Å². The van der Waals surface area contributed by atoms with Crippen LogP contribution < -0.4 is 14.8 Å². The minimum absolute atomic E-state index is 0.0656. The Morgan fingerprint density at radius 3 is 2.70 bits per heavy atom. The molecule has 3 rings (SSSR count). The third-order valence-electron chi connectivity index (χ3n) is 4.80. The van der Waals surface area contributed by atoms with Gasteiger partial charge in [-0.1, -0.05) is 43.3 Å². The second-order valence-corrected chi connectivity index (χ2v) is 6.78. The van der Waals surface area contributed by atoms with Crippen LogP contribution in [0.4, 0.5) is 0 Å². The highest BCUT2D eigenvalue weighted by atomic mass is 16.5. The van der Waals surface area contributed by atoms with E-state index in [9.17, 15) is 4.79 Å². The molecule has 27 heavy (non-hydrogen) atoms. The number of hydrogen-bond acceptors (Lipinski definition) is 4. The normalized spacial score (nSPS) is 17.9. The lowest BCUT2D eigenvalue weighted by atomic mass is 10.0. The molecular weight excluding hydrogens is 340 g/mol. The summed E-state index contributed by atoms with van der Waals surface area (Å²) in [5.41, 5.74) is 2.32. The highest BCUT2D eigenvalue weighted by Crippen LogP contribution is 2.31. The quantitative estimate of drug-likeness (QED) is 0.812. The van der Waals surface area contributed by atoms with Crippen molar-refractivity contribution in [1.82, 2.24) is 10.2 Å². The molecule has 1 fully saturated rings. The molecule has 144 valence electrons. The van der Waals surface area contributed by atoms with Gasteiger partial charge in [0.25, 0.3) is 0 Å². The summed E-state index contributed by atoms with van der Waals surface area (Å²) < 4.78 is 11.3. The van der Waals surface area contributed by atoms with Crippen molar-refractivity contribution < 1.29 is 14.3 Å². The molecule has 1 N–H and O–H groups in total. The topological polar surface area (TPSA) is 50.8 Å². The average Bonchev–Trinajstić information content (AvgIpc) is 2.88. The fourth-order valence-electron chi connectivity index (χ4n) is 3.44. The van der Waals surface area contributed by atoms with Crippen molar-refractivity contribution >= 4 is 5.91 Å². The lowest BCUT2D eigenvalue weighted by Gasteiger charge is -2.29. The Morgan fingerprint density at radius 1 is 1.15 bits per heavy atom. The number of carbonyl (C=O) groups excluding carboxylic acids is 1. The van der Waals surface area contributed by atoms with Crippen LogP contribution in [-0.4, -0.2) is 37.6 Å². The summed E-state index contributed by atoms with van der Waals surface area (Å²) >= 11 is 0. The monoisotopic (exact) mass is 368 g/mol. The van der Waals surface area contributed by atoms with Crippen LogP contribution in [0.2, 0.25) is 0 Å². The first kappa shape index (κ1) is 19.2. The number of carbonyl (C=O) groups is 1. The SMILES string of the molecule is CCCOc1cc(CN2CCNC(=O)CC2c2ccccc2)ccc1OC. The number of hydrogen-bond donors (Lipinski definition) is 1. The van der Waals surface area contributed by atoms with Gasteiger partial charge in [0.1, 0.15) is 0 Å². The molecule has 0 saturated carbocycles. The summed E-state index contributed by atoms with van der Waals surface area (Å²) in [6, 6.07) is 16.4. The van der Waals surface area contributed by atoms with E-state index in [1.807, 2.05) is 24.3 Å². The molecule has 5 heteroatoms. The molecule has 1 atom stereocenters. The van der Waals surface area contributed by atoms with Gasteiger partial charge < -0.3 is 14.8 Å². The van der Waals surface area contributed by atoms with E-state index in [1.54, 1.807) is 7.11 Å². The van der Waals surface area contributed by atoms with Gasteiger partial charge in [0.05, 0.1) is 13.7 Å². The minimum Gasteiger partial charge on any atom is -0.493 e. The Morgan fingerprint density at radius 2 is 1.96 bits per heavy atom. The molecule has 0 aromatic heterocycles. The van der Waals surface area contributed by atoms with E-state index in [4.69, 9.17) is 9.47 Å². The Balaban J connectivity index is 1.83. The Labute approximate surface area is 161 Å². The number of amides is 1. The van der Waals surface area contributed by atoms with Crippen molar-refractivity contribution in [3.8, 4) is 11.5 Å². The molecule has 1 aliphatic heterocycles. The number of nitrogens with zero attached hydrogens (tertiary/aromatic N) is 1. The minimum atomic E-state index is 0.0656. The first-order valence-corrected chi connectivity index (χ1v) is 9.56. The fraction of sp³-hybridized carbons (Fsp3) is 0.409. The van der Waals surface area contributed by atoms with Gasteiger partial charge in [-0.15, -0.1) is 0 Å². The molecule has 0 radical (unpaired) electrons. The van der Waals surface area contributed by atoms with E-state index in [1.165, 1.54) is 5.56 Å². The van der Waals surface area contributed by atoms with Crippen LogP contribution >= 0.6 is 0 Å². The van der Waals surface area contributed by atoms with E-state index in [2.05, 4.69) is 41.4 Å². The van der Waals surface area contributed by atoms with Crippen molar-refractivity contribution in [2.45, 2.75) is 32.4 Å². The van der Waals surface area contributed by atoms with Gasteiger partial charge in [-0.2, -0.15) is 0 Å². The van der Waals surface area contributed by atoms with Gasteiger partial charge in [0.2, 0.25) is 5.91 Å². The van der Waals surface area contributed by atoms with Crippen LogP contribution in [0.1, 0.15) is 36.9 Å². The smallest absolute Gasteiger partial charge is 0.221 e. The lowest BCUT2D eigenvalue weighted by molar-refractivity contribution is -0.121. The van der Waals surface area contributed by atoms with E-state index in [0.29, 0.717) is 19.6 Å². The van der Waals surface area contributed by atoms with Crippen molar-refractivity contribution in [2.24, 2.45) is 0 Å². The van der Waals surface area contributed by atoms with Crippen LogP contribution in [0.15, 0.2) is 48.5 Å². The zero-order valence-corrected chi connectivity index (χ0v) is 16.1. The van der Waals surface area contributed by atoms with E-state index < -0.39 is 0 Å². The molecule has 1 saturated heterocycles. The van der Waals surface area contributed by atoms with Crippen molar-refractivity contribution in [2.75, 3.05) is 26.8 Å². The molecular formula is C22H28N2O3. The van der Waals surface area contributed by atoms with Gasteiger partial charge in [-0.25, -0.2) is 0 Å². The molecule has 2 aromatic carbocycles. The van der Waals surface area contributed by atoms with Gasteiger partial charge in [-0.05, 0) is 29.7 Å². The van der Waals surface area contributed by atoms with Crippen molar-refractivity contribution in [3.63, 3.8) is 0 Å². The Hall–Kier alpha value is -2.53. The van der Waals surface area contributed by atoms with Gasteiger partial charge in [-0.3, -0.25) is 9.69 Å². The third-order valence-corrected chi connectivity index (χ3v) is 4.80. The molecule has 1 heterocycles.